The van der Waals surface area contributed by atoms with Gasteiger partial charge in [0, 0.05) is 21.5 Å². The lowest BCUT2D eigenvalue weighted by molar-refractivity contribution is 0.420. The lowest BCUT2D eigenvalue weighted by Gasteiger charge is -2.20. The Kier molecular flexibility index (Phi) is 3.97. The van der Waals surface area contributed by atoms with E-state index in [-0.39, 0.29) is 6.04 Å². The molecular weight excluding hydrogens is 370 g/mol. The van der Waals surface area contributed by atoms with Crippen LogP contribution < -0.4 is 0 Å². The number of halogens is 2. The summed E-state index contributed by atoms with van der Waals surface area (Å²) < 4.78 is 28.0. The second-order valence-electron chi connectivity index (χ2n) is 4.01. The van der Waals surface area contributed by atoms with Gasteiger partial charge in [-0.2, -0.15) is 4.31 Å². The second kappa shape index (κ2) is 4.99. The Morgan fingerprint density at radius 1 is 1.35 bits per heavy atom. The molecule has 1 aliphatic rings. The van der Waals surface area contributed by atoms with Crippen LogP contribution in [-0.2, 0) is 10.0 Å². The van der Waals surface area contributed by atoms with Gasteiger partial charge in [0.2, 0.25) is 10.0 Å². The molecule has 0 amide bonds. The molecule has 0 saturated heterocycles. The van der Waals surface area contributed by atoms with E-state index in [0.29, 0.717) is 15.9 Å². The third-order valence-electron chi connectivity index (χ3n) is 2.75. The molecule has 0 aromatic heterocycles. The molecule has 94 valence electrons. The van der Waals surface area contributed by atoms with Crippen LogP contribution in [0.3, 0.4) is 0 Å². The first-order chi connectivity index (χ1) is 7.96. The molecular formula is C11H13Br2NO2S. The molecule has 0 aliphatic heterocycles. The van der Waals surface area contributed by atoms with Crippen molar-refractivity contribution >= 4 is 41.9 Å². The molecule has 1 aromatic rings. The summed E-state index contributed by atoms with van der Waals surface area (Å²) >= 11 is 6.63. The van der Waals surface area contributed by atoms with Crippen LogP contribution in [0, 0.1) is 0 Å². The number of benzene rings is 1. The second-order valence-corrected chi connectivity index (χ2v) is 7.64. The highest BCUT2D eigenvalue weighted by molar-refractivity contribution is 9.11. The molecule has 2 rings (SSSR count). The van der Waals surface area contributed by atoms with Gasteiger partial charge in [0.1, 0.15) is 0 Å². The van der Waals surface area contributed by atoms with E-state index in [4.69, 9.17) is 0 Å². The Balaban J connectivity index is 2.43. The minimum atomic E-state index is -3.37. The Morgan fingerprint density at radius 3 is 2.47 bits per heavy atom. The van der Waals surface area contributed by atoms with E-state index >= 15 is 0 Å². The van der Waals surface area contributed by atoms with Crippen molar-refractivity contribution in [1.82, 2.24) is 4.31 Å². The van der Waals surface area contributed by atoms with E-state index < -0.39 is 10.0 Å². The van der Waals surface area contributed by atoms with Gasteiger partial charge in [-0.05, 0) is 47.0 Å². The Hall–Kier alpha value is 0.0900. The summed E-state index contributed by atoms with van der Waals surface area (Å²) in [4.78, 5) is 0.342. The molecule has 17 heavy (non-hydrogen) atoms. The third kappa shape index (κ3) is 2.75. The molecule has 0 heterocycles. The Bertz CT molecular complexity index is 526. The molecule has 1 aliphatic carbocycles. The van der Waals surface area contributed by atoms with Crippen LogP contribution in [0.15, 0.2) is 32.0 Å². The van der Waals surface area contributed by atoms with Crippen molar-refractivity contribution in [2.24, 2.45) is 0 Å². The summed E-state index contributed by atoms with van der Waals surface area (Å²) in [6.45, 7) is 2.40. The number of hydrogen-bond donors (Lipinski definition) is 0. The third-order valence-corrected chi connectivity index (χ3v) is 6.24. The van der Waals surface area contributed by atoms with E-state index in [1.807, 2.05) is 6.92 Å². The minimum absolute atomic E-state index is 0.195. The van der Waals surface area contributed by atoms with Gasteiger partial charge >= 0.3 is 0 Å². The largest absolute Gasteiger partial charge is 0.244 e. The maximum absolute atomic E-state index is 12.5. The van der Waals surface area contributed by atoms with Crippen molar-refractivity contribution in [1.29, 1.82) is 0 Å². The zero-order chi connectivity index (χ0) is 12.6. The highest BCUT2D eigenvalue weighted by Crippen LogP contribution is 2.34. The smallest absolute Gasteiger partial charge is 0.207 e. The minimum Gasteiger partial charge on any atom is -0.207 e. The lowest BCUT2D eigenvalue weighted by Crippen LogP contribution is -2.33. The van der Waals surface area contributed by atoms with E-state index in [0.717, 1.165) is 17.3 Å². The number of hydrogen-bond acceptors (Lipinski definition) is 2. The highest BCUT2D eigenvalue weighted by Gasteiger charge is 2.37. The van der Waals surface area contributed by atoms with Gasteiger partial charge in [-0.1, -0.05) is 22.9 Å². The van der Waals surface area contributed by atoms with E-state index in [1.54, 1.807) is 22.5 Å². The summed E-state index contributed by atoms with van der Waals surface area (Å²) in [6.07, 6.45) is 1.95. The summed E-state index contributed by atoms with van der Waals surface area (Å²) in [5, 5.41) is 0. The SMILES string of the molecule is CCN(C1CC1)S(=O)(=O)c1ccc(Br)cc1Br. The van der Waals surface area contributed by atoms with Gasteiger partial charge in [-0.3, -0.25) is 0 Å². The first-order valence-corrected chi connectivity index (χ1v) is 8.46. The fourth-order valence-corrected chi connectivity index (χ4v) is 5.20. The van der Waals surface area contributed by atoms with Crippen molar-refractivity contribution in [3.63, 3.8) is 0 Å². The molecule has 0 unspecified atom stereocenters. The normalized spacial score (nSPS) is 16.5. The van der Waals surface area contributed by atoms with Crippen molar-refractivity contribution in [3.8, 4) is 0 Å². The van der Waals surface area contributed by atoms with Crippen LogP contribution in [-0.4, -0.2) is 25.3 Å². The van der Waals surface area contributed by atoms with Gasteiger partial charge in [0.05, 0.1) is 4.90 Å². The number of rotatable bonds is 4. The summed E-state index contributed by atoms with van der Waals surface area (Å²) in [5.74, 6) is 0. The van der Waals surface area contributed by atoms with Gasteiger partial charge in [0.15, 0.2) is 0 Å². The van der Waals surface area contributed by atoms with Crippen LogP contribution in [0.25, 0.3) is 0 Å². The van der Waals surface area contributed by atoms with E-state index in [2.05, 4.69) is 31.9 Å². The molecule has 0 spiro atoms. The average Bonchev–Trinajstić information content (AvgIpc) is 3.01. The standard InChI is InChI=1S/C11H13Br2NO2S/c1-2-14(9-4-5-9)17(15,16)11-6-3-8(12)7-10(11)13/h3,6-7,9H,2,4-5H2,1H3. The first kappa shape index (κ1) is 13.5. The van der Waals surface area contributed by atoms with Crippen molar-refractivity contribution in [2.75, 3.05) is 6.54 Å². The van der Waals surface area contributed by atoms with Crippen LogP contribution in [0.4, 0.5) is 0 Å². The zero-order valence-corrected chi connectivity index (χ0v) is 13.3. The van der Waals surface area contributed by atoms with Gasteiger partial charge in [-0.15, -0.1) is 0 Å². The molecule has 1 aromatic carbocycles. The number of sulfonamides is 1. The zero-order valence-electron chi connectivity index (χ0n) is 9.36. The van der Waals surface area contributed by atoms with E-state index in [1.165, 1.54) is 0 Å². The van der Waals surface area contributed by atoms with Crippen molar-refractivity contribution < 1.29 is 8.42 Å². The van der Waals surface area contributed by atoms with Crippen LogP contribution in [0.1, 0.15) is 19.8 Å². The van der Waals surface area contributed by atoms with Gasteiger partial charge < -0.3 is 0 Å². The molecule has 0 bridgehead atoms. The molecule has 1 saturated carbocycles. The maximum Gasteiger partial charge on any atom is 0.244 e. The Labute approximate surface area is 119 Å². The van der Waals surface area contributed by atoms with E-state index in [9.17, 15) is 8.42 Å². The predicted molar refractivity (Wildman–Crippen MR) is 74.4 cm³/mol. The van der Waals surface area contributed by atoms with Gasteiger partial charge in [-0.25, -0.2) is 8.42 Å². The summed E-state index contributed by atoms with van der Waals surface area (Å²) in [5.41, 5.74) is 0. The van der Waals surface area contributed by atoms with Crippen LogP contribution in [0.2, 0.25) is 0 Å². The Morgan fingerprint density at radius 2 is 2.00 bits per heavy atom. The van der Waals surface area contributed by atoms with Crippen molar-refractivity contribution in [3.05, 3.63) is 27.1 Å². The molecule has 0 atom stereocenters. The summed E-state index contributed by atoms with van der Waals surface area (Å²) in [7, 11) is -3.37. The van der Waals surface area contributed by atoms with Crippen LogP contribution >= 0.6 is 31.9 Å². The monoisotopic (exact) mass is 381 g/mol. The summed E-state index contributed by atoms with van der Waals surface area (Å²) in [6, 6.07) is 5.33. The molecule has 3 nitrogen and oxygen atoms in total. The number of nitrogens with zero attached hydrogens (tertiary/aromatic N) is 1. The highest BCUT2D eigenvalue weighted by atomic mass is 79.9. The predicted octanol–water partition coefficient (Wildman–Crippen LogP) is 3.38. The first-order valence-electron chi connectivity index (χ1n) is 5.43. The molecule has 1 fully saturated rings. The molecule has 0 radical (unpaired) electrons. The fourth-order valence-electron chi connectivity index (χ4n) is 1.80. The topological polar surface area (TPSA) is 37.4 Å². The fraction of sp³-hybridized carbons (Fsp3) is 0.455. The van der Waals surface area contributed by atoms with Crippen LogP contribution in [0.5, 0.6) is 0 Å². The average molecular weight is 383 g/mol. The van der Waals surface area contributed by atoms with Crippen molar-refractivity contribution in [2.45, 2.75) is 30.7 Å². The molecule has 6 heteroatoms. The molecule has 0 N–H and O–H groups in total. The lowest BCUT2D eigenvalue weighted by atomic mass is 10.4. The van der Waals surface area contributed by atoms with Gasteiger partial charge in [0.25, 0.3) is 0 Å². The maximum atomic E-state index is 12.5. The quantitative estimate of drug-likeness (QED) is 0.800.